The predicted molar refractivity (Wildman–Crippen MR) is 76.3 cm³/mol. The van der Waals surface area contributed by atoms with Crippen LogP contribution in [0.5, 0.6) is 0 Å². The van der Waals surface area contributed by atoms with Gasteiger partial charge in [0, 0.05) is 31.1 Å². The molecule has 2 rings (SSSR count). The highest BCUT2D eigenvalue weighted by molar-refractivity contribution is 6.00. The van der Waals surface area contributed by atoms with Crippen LogP contribution in [0.3, 0.4) is 0 Å². The fraction of sp³-hybridized carbons (Fsp3) is 0.0769. The van der Waals surface area contributed by atoms with Gasteiger partial charge in [-0.05, 0) is 17.7 Å². The van der Waals surface area contributed by atoms with E-state index in [1.807, 2.05) is 6.07 Å². The Hall–Kier alpha value is -3.00. The minimum atomic E-state index is -0.571. The number of rotatable bonds is 5. The van der Waals surface area contributed by atoms with E-state index in [1.54, 1.807) is 18.5 Å². The minimum Gasteiger partial charge on any atom is -0.348 e. The number of hydrazine groups is 1. The number of pyridine rings is 1. The normalized spacial score (nSPS) is 9.95. The van der Waals surface area contributed by atoms with Gasteiger partial charge in [-0.1, -0.05) is 6.07 Å². The Kier molecular flexibility index (Phi) is 4.42. The van der Waals surface area contributed by atoms with Crippen LogP contribution in [-0.2, 0) is 6.54 Å². The van der Waals surface area contributed by atoms with E-state index >= 15 is 0 Å². The Morgan fingerprint density at radius 2 is 2.19 bits per heavy atom. The second-order valence-corrected chi connectivity index (χ2v) is 4.18. The largest absolute Gasteiger partial charge is 0.348 e. The first kappa shape index (κ1) is 14.4. The molecule has 21 heavy (non-hydrogen) atoms. The number of nitro benzene ring substituents is 1. The number of carbonyl (C=O) groups excluding carboxylic acids is 1. The van der Waals surface area contributed by atoms with E-state index < -0.39 is 10.8 Å². The first-order valence-corrected chi connectivity index (χ1v) is 6.04. The van der Waals surface area contributed by atoms with Crippen LogP contribution in [-0.4, -0.2) is 15.8 Å². The number of carbonyl (C=O) groups is 1. The zero-order chi connectivity index (χ0) is 15.2. The maximum atomic E-state index is 12.1. The summed E-state index contributed by atoms with van der Waals surface area (Å²) in [5.41, 5.74) is 3.40. The quantitative estimate of drug-likeness (QED) is 0.431. The number of nitrogen functional groups attached to an aromatic ring is 1. The number of aromatic nitrogens is 1. The summed E-state index contributed by atoms with van der Waals surface area (Å²) in [7, 11) is 0. The Labute approximate surface area is 120 Å². The first-order chi connectivity index (χ1) is 10.1. The summed E-state index contributed by atoms with van der Waals surface area (Å²) in [5, 5.41) is 13.4. The molecule has 2 aromatic rings. The summed E-state index contributed by atoms with van der Waals surface area (Å²) in [6.07, 6.45) is 3.25. The van der Waals surface area contributed by atoms with Crippen LogP contribution in [0, 0.1) is 10.1 Å². The monoisotopic (exact) mass is 287 g/mol. The molecule has 0 aliphatic heterocycles. The number of anilines is 1. The minimum absolute atomic E-state index is 0.107. The van der Waals surface area contributed by atoms with Crippen molar-refractivity contribution in [2.75, 3.05) is 5.43 Å². The van der Waals surface area contributed by atoms with E-state index in [9.17, 15) is 14.9 Å². The molecule has 108 valence electrons. The summed E-state index contributed by atoms with van der Waals surface area (Å²) < 4.78 is 0. The van der Waals surface area contributed by atoms with Crippen molar-refractivity contribution < 1.29 is 9.72 Å². The number of hydrogen-bond donors (Lipinski definition) is 3. The maximum absolute atomic E-state index is 12.1. The van der Waals surface area contributed by atoms with Crippen molar-refractivity contribution in [2.24, 2.45) is 5.84 Å². The maximum Gasteiger partial charge on any atom is 0.270 e. The van der Waals surface area contributed by atoms with Gasteiger partial charge in [0.05, 0.1) is 16.2 Å². The van der Waals surface area contributed by atoms with Crippen LogP contribution in [0.15, 0.2) is 42.7 Å². The van der Waals surface area contributed by atoms with Crippen LogP contribution in [0.4, 0.5) is 11.4 Å². The average Bonchev–Trinajstić information content (AvgIpc) is 2.52. The summed E-state index contributed by atoms with van der Waals surface area (Å²) in [6, 6.07) is 7.39. The molecule has 0 atom stereocenters. The summed E-state index contributed by atoms with van der Waals surface area (Å²) in [4.78, 5) is 26.3. The van der Waals surface area contributed by atoms with Gasteiger partial charge in [-0.2, -0.15) is 0 Å². The van der Waals surface area contributed by atoms with Crippen molar-refractivity contribution in [1.29, 1.82) is 0 Å². The predicted octanol–water partition coefficient (Wildman–Crippen LogP) is 1.21. The topological polar surface area (TPSA) is 123 Å². The molecule has 8 heteroatoms. The molecule has 0 aliphatic rings. The van der Waals surface area contributed by atoms with Gasteiger partial charge in [0.2, 0.25) is 0 Å². The lowest BCUT2D eigenvalue weighted by Crippen LogP contribution is -2.25. The van der Waals surface area contributed by atoms with Crippen molar-refractivity contribution in [2.45, 2.75) is 6.54 Å². The molecule has 0 saturated carbocycles. The van der Waals surface area contributed by atoms with Crippen molar-refractivity contribution in [3.8, 4) is 0 Å². The number of benzene rings is 1. The van der Waals surface area contributed by atoms with E-state index in [4.69, 9.17) is 5.84 Å². The van der Waals surface area contributed by atoms with Crippen molar-refractivity contribution in [1.82, 2.24) is 10.3 Å². The molecule has 0 bridgehead atoms. The molecule has 4 N–H and O–H groups in total. The second-order valence-electron chi connectivity index (χ2n) is 4.18. The lowest BCUT2D eigenvalue weighted by molar-refractivity contribution is -0.384. The lowest BCUT2D eigenvalue weighted by Gasteiger charge is -2.09. The molecular weight excluding hydrogens is 274 g/mol. The fourth-order valence-corrected chi connectivity index (χ4v) is 1.74. The molecule has 0 spiro atoms. The van der Waals surface area contributed by atoms with Gasteiger partial charge in [-0.3, -0.25) is 25.7 Å². The molecule has 1 amide bonds. The third-order valence-corrected chi connectivity index (χ3v) is 2.79. The number of amides is 1. The molecular formula is C13H13N5O3. The molecule has 0 radical (unpaired) electrons. The Bertz CT molecular complexity index is 660. The first-order valence-electron chi connectivity index (χ1n) is 6.04. The van der Waals surface area contributed by atoms with E-state index in [-0.39, 0.29) is 17.8 Å². The number of nitrogens with zero attached hydrogens (tertiary/aromatic N) is 2. The van der Waals surface area contributed by atoms with E-state index in [2.05, 4.69) is 15.7 Å². The van der Waals surface area contributed by atoms with Crippen molar-refractivity contribution >= 4 is 17.3 Å². The standard InChI is InChI=1S/C13H13N5O3/c14-17-12-4-3-10(18(20)21)6-11(12)13(19)16-8-9-2-1-5-15-7-9/h1-7,17H,8,14H2,(H,16,19). The zero-order valence-electron chi connectivity index (χ0n) is 10.9. The van der Waals surface area contributed by atoms with Crippen LogP contribution < -0.4 is 16.6 Å². The zero-order valence-corrected chi connectivity index (χ0v) is 10.9. The third kappa shape index (κ3) is 3.51. The molecule has 0 unspecified atom stereocenters. The molecule has 8 nitrogen and oxygen atoms in total. The Morgan fingerprint density at radius 1 is 1.38 bits per heavy atom. The Balaban J connectivity index is 2.17. The number of nitro groups is 1. The summed E-state index contributed by atoms with van der Waals surface area (Å²) in [5.74, 6) is 4.85. The van der Waals surface area contributed by atoms with Gasteiger partial charge >= 0.3 is 0 Å². The number of hydrogen-bond acceptors (Lipinski definition) is 6. The third-order valence-electron chi connectivity index (χ3n) is 2.79. The van der Waals surface area contributed by atoms with E-state index in [0.29, 0.717) is 5.69 Å². The number of nitrogens with two attached hydrogens (primary N) is 1. The number of nitrogens with one attached hydrogen (secondary N) is 2. The van der Waals surface area contributed by atoms with E-state index in [0.717, 1.165) is 5.56 Å². The van der Waals surface area contributed by atoms with Crippen LogP contribution in [0.2, 0.25) is 0 Å². The van der Waals surface area contributed by atoms with Crippen LogP contribution in [0.25, 0.3) is 0 Å². The molecule has 0 saturated heterocycles. The highest BCUT2D eigenvalue weighted by Crippen LogP contribution is 2.21. The molecule has 1 aromatic carbocycles. The van der Waals surface area contributed by atoms with Gasteiger partial charge < -0.3 is 10.7 Å². The highest BCUT2D eigenvalue weighted by atomic mass is 16.6. The molecule has 0 fully saturated rings. The second kappa shape index (κ2) is 6.44. The van der Waals surface area contributed by atoms with Crippen molar-refractivity contribution in [3.05, 3.63) is 64.0 Å². The SMILES string of the molecule is NNc1ccc([N+](=O)[O-])cc1C(=O)NCc1cccnc1. The lowest BCUT2D eigenvalue weighted by atomic mass is 10.1. The van der Waals surface area contributed by atoms with Crippen LogP contribution in [0.1, 0.15) is 15.9 Å². The van der Waals surface area contributed by atoms with Gasteiger partial charge in [0.1, 0.15) is 0 Å². The fourth-order valence-electron chi connectivity index (χ4n) is 1.74. The Morgan fingerprint density at radius 3 is 2.81 bits per heavy atom. The number of non-ortho nitro benzene ring substituents is 1. The molecule has 1 heterocycles. The van der Waals surface area contributed by atoms with Gasteiger partial charge in [-0.15, -0.1) is 0 Å². The summed E-state index contributed by atoms with van der Waals surface area (Å²) >= 11 is 0. The molecule has 0 aliphatic carbocycles. The van der Waals surface area contributed by atoms with E-state index in [1.165, 1.54) is 18.2 Å². The van der Waals surface area contributed by atoms with Crippen LogP contribution >= 0.6 is 0 Å². The smallest absolute Gasteiger partial charge is 0.270 e. The average molecular weight is 287 g/mol. The molecule has 1 aromatic heterocycles. The summed E-state index contributed by atoms with van der Waals surface area (Å²) in [6.45, 7) is 0.263. The van der Waals surface area contributed by atoms with Gasteiger partial charge in [0.25, 0.3) is 11.6 Å². The van der Waals surface area contributed by atoms with Gasteiger partial charge in [0.15, 0.2) is 0 Å². The highest BCUT2D eigenvalue weighted by Gasteiger charge is 2.16. The van der Waals surface area contributed by atoms with Crippen molar-refractivity contribution in [3.63, 3.8) is 0 Å². The van der Waals surface area contributed by atoms with Gasteiger partial charge in [-0.25, -0.2) is 0 Å².